The molecule has 0 saturated carbocycles. The molecule has 4 nitrogen and oxygen atoms in total. The first-order valence-corrected chi connectivity index (χ1v) is 4.38. The molecule has 0 amide bonds. The van der Waals surface area contributed by atoms with E-state index >= 15 is 0 Å². The number of aromatic nitrogens is 3. The van der Waals surface area contributed by atoms with Crippen molar-refractivity contribution in [1.82, 2.24) is 15.0 Å². The molecule has 1 aromatic rings. The summed E-state index contributed by atoms with van der Waals surface area (Å²) >= 11 is 0. The molecular formula is C8H16N4. The Labute approximate surface area is 72.8 Å². The molecule has 68 valence electrons. The lowest BCUT2D eigenvalue weighted by atomic mass is 10.1. The summed E-state index contributed by atoms with van der Waals surface area (Å²) in [5, 5.41) is 8.03. The lowest BCUT2D eigenvalue weighted by Gasteiger charge is -2.03. The first kappa shape index (κ1) is 9.19. The minimum absolute atomic E-state index is 0.426. The van der Waals surface area contributed by atoms with E-state index in [2.05, 4.69) is 17.2 Å². The molecule has 0 radical (unpaired) electrons. The lowest BCUT2D eigenvalue weighted by Crippen LogP contribution is -2.04. The Bertz CT molecular complexity index is 231. The van der Waals surface area contributed by atoms with Crippen LogP contribution in [-0.2, 0) is 6.54 Å². The zero-order chi connectivity index (χ0) is 8.97. The van der Waals surface area contributed by atoms with Gasteiger partial charge in [0.05, 0.1) is 5.69 Å². The van der Waals surface area contributed by atoms with Crippen molar-refractivity contribution in [3.63, 3.8) is 0 Å². The highest BCUT2D eigenvalue weighted by atomic mass is 15.4. The van der Waals surface area contributed by atoms with E-state index in [9.17, 15) is 0 Å². The van der Waals surface area contributed by atoms with E-state index in [0.717, 1.165) is 18.7 Å². The summed E-state index contributed by atoms with van der Waals surface area (Å²) in [4.78, 5) is 0. The summed E-state index contributed by atoms with van der Waals surface area (Å²) < 4.78 is 1.84. The van der Waals surface area contributed by atoms with Crippen LogP contribution < -0.4 is 5.73 Å². The molecule has 0 aromatic carbocycles. The van der Waals surface area contributed by atoms with Crippen molar-refractivity contribution in [2.24, 2.45) is 5.73 Å². The molecule has 0 bridgehead atoms. The largest absolute Gasteiger partial charge is 0.330 e. The van der Waals surface area contributed by atoms with E-state index < -0.39 is 0 Å². The Hall–Kier alpha value is -0.900. The van der Waals surface area contributed by atoms with Crippen LogP contribution in [0.3, 0.4) is 0 Å². The summed E-state index contributed by atoms with van der Waals surface area (Å²) in [6, 6.07) is 0. The van der Waals surface area contributed by atoms with Crippen molar-refractivity contribution in [2.45, 2.75) is 32.7 Å². The summed E-state index contributed by atoms with van der Waals surface area (Å²) in [5.74, 6) is 0.426. The number of nitrogens with two attached hydrogens (primary N) is 1. The van der Waals surface area contributed by atoms with Gasteiger partial charge in [0.15, 0.2) is 0 Å². The lowest BCUT2D eigenvalue weighted by molar-refractivity contribution is 0.624. The first-order chi connectivity index (χ1) is 5.77. The Morgan fingerprint density at radius 2 is 2.42 bits per heavy atom. The molecular weight excluding hydrogens is 152 g/mol. The maximum Gasteiger partial charge on any atom is 0.0855 e. The van der Waals surface area contributed by atoms with Gasteiger partial charge in [0.25, 0.3) is 0 Å². The van der Waals surface area contributed by atoms with Gasteiger partial charge in [-0.15, -0.1) is 5.10 Å². The monoisotopic (exact) mass is 168 g/mol. The zero-order valence-corrected chi connectivity index (χ0v) is 7.70. The highest BCUT2D eigenvalue weighted by molar-refractivity contribution is 4.99. The predicted molar refractivity (Wildman–Crippen MR) is 47.8 cm³/mol. The van der Waals surface area contributed by atoms with Crippen LogP contribution in [0.25, 0.3) is 0 Å². The molecule has 1 aromatic heterocycles. The number of hydrogen-bond acceptors (Lipinski definition) is 3. The van der Waals surface area contributed by atoms with Gasteiger partial charge in [-0.1, -0.05) is 12.1 Å². The highest BCUT2D eigenvalue weighted by Gasteiger charge is 2.07. The fraction of sp³-hybridized carbons (Fsp3) is 0.750. The van der Waals surface area contributed by atoms with Gasteiger partial charge in [0.1, 0.15) is 0 Å². The molecule has 2 N–H and O–H groups in total. The van der Waals surface area contributed by atoms with Gasteiger partial charge in [0, 0.05) is 18.7 Å². The van der Waals surface area contributed by atoms with Crippen molar-refractivity contribution < 1.29 is 0 Å². The Balaban J connectivity index is 2.61. The molecule has 1 heterocycles. The summed E-state index contributed by atoms with van der Waals surface area (Å²) in [6.07, 6.45) is 2.96. The van der Waals surface area contributed by atoms with Crippen molar-refractivity contribution in [1.29, 1.82) is 0 Å². The zero-order valence-electron chi connectivity index (χ0n) is 7.70. The molecule has 0 saturated heterocycles. The summed E-state index contributed by atoms with van der Waals surface area (Å²) in [7, 11) is 0. The fourth-order valence-corrected chi connectivity index (χ4v) is 1.09. The van der Waals surface area contributed by atoms with Crippen molar-refractivity contribution in [2.75, 3.05) is 6.54 Å². The van der Waals surface area contributed by atoms with Gasteiger partial charge in [-0.25, -0.2) is 0 Å². The van der Waals surface area contributed by atoms with E-state index in [1.807, 2.05) is 17.8 Å². The molecule has 0 aliphatic heterocycles. The van der Waals surface area contributed by atoms with Gasteiger partial charge < -0.3 is 5.73 Å². The van der Waals surface area contributed by atoms with Gasteiger partial charge in [0.2, 0.25) is 0 Å². The standard InChI is InChI=1S/C8H16N4/c1-3-12-6-8(10-11-12)7(2)4-5-9/h6-7H,3-5,9H2,1-2H3. The minimum atomic E-state index is 0.426. The smallest absolute Gasteiger partial charge is 0.0855 e. The molecule has 1 rings (SSSR count). The average Bonchev–Trinajstić information content (AvgIpc) is 2.52. The van der Waals surface area contributed by atoms with E-state index in [1.165, 1.54) is 0 Å². The van der Waals surface area contributed by atoms with Crippen LogP contribution in [0, 0.1) is 0 Å². The topological polar surface area (TPSA) is 56.7 Å². The van der Waals surface area contributed by atoms with Gasteiger partial charge >= 0.3 is 0 Å². The first-order valence-electron chi connectivity index (χ1n) is 4.38. The van der Waals surface area contributed by atoms with Crippen LogP contribution in [0.1, 0.15) is 31.9 Å². The van der Waals surface area contributed by atoms with Crippen LogP contribution >= 0.6 is 0 Å². The number of nitrogens with zero attached hydrogens (tertiary/aromatic N) is 3. The maximum atomic E-state index is 5.45. The van der Waals surface area contributed by atoms with Gasteiger partial charge in [-0.2, -0.15) is 0 Å². The second kappa shape index (κ2) is 4.21. The fourth-order valence-electron chi connectivity index (χ4n) is 1.09. The minimum Gasteiger partial charge on any atom is -0.330 e. The number of aryl methyl sites for hydroxylation is 1. The Morgan fingerprint density at radius 3 is 2.92 bits per heavy atom. The third-order valence-electron chi connectivity index (χ3n) is 1.98. The normalized spacial score (nSPS) is 13.2. The maximum absolute atomic E-state index is 5.45. The Morgan fingerprint density at radius 1 is 1.67 bits per heavy atom. The summed E-state index contributed by atoms with van der Waals surface area (Å²) in [5.41, 5.74) is 6.49. The summed E-state index contributed by atoms with van der Waals surface area (Å²) in [6.45, 7) is 5.76. The van der Waals surface area contributed by atoms with Crippen LogP contribution in [0.2, 0.25) is 0 Å². The molecule has 0 aliphatic carbocycles. The molecule has 1 unspecified atom stereocenters. The van der Waals surface area contributed by atoms with Gasteiger partial charge in [-0.3, -0.25) is 4.68 Å². The predicted octanol–water partition coefficient (Wildman–Crippen LogP) is 0.750. The van der Waals surface area contributed by atoms with Crippen molar-refractivity contribution in [3.8, 4) is 0 Å². The van der Waals surface area contributed by atoms with E-state index in [1.54, 1.807) is 0 Å². The average molecular weight is 168 g/mol. The van der Waals surface area contributed by atoms with E-state index in [0.29, 0.717) is 12.5 Å². The third kappa shape index (κ3) is 2.04. The quantitative estimate of drug-likeness (QED) is 0.721. The van der Waals surface area contributed by atoms with E-state index in [4.69, 9.17) is 5.73 Å². The molecule has 0 aliphatic rings. The second-order valence-corrected chi connectivity index (χ2v) is 2.98. The number of rotatable bonds is 4. The van der Waals surface area contributed by atoms with Crippen LogP contribution in [0.15, 0.2) is 6.20 Å². The van der Waals surface area contributed by atoms with Crippen LogP contribution in [-0.4, -0.2) is 21.5 Å². The number of hydrogen-bond donors (Lipinski definition) is 1. The van der Waals surface area contributed by atoms with Crippen LogP contribution in [0.4, 0.5) is 0 Å². The van der Waals surface area contributed by atoms with Crippen molar-refractivity contribution in [3.05, 3.63) is 11.9 Å². The van der Waals surface area contributed by atoms with Crippen molar-refractivity contribution >= 4 is 0 Å². The second-order valence-electron chi connectivity index (χ2n) is 2.98. The molecule has 1 atom stereocenters. The van der Waals surface area contributed by atoms with Crippen LogP contribution in [0.5, 0.6) is 0 Å². The molecule has 0 spiro atoms. The van der Waals surface area contributed by atoms with Gasteiger partial charge in [-0.05, 0) is 19.9 Å². The molecule has 4 heteroatoms. The third-order valence-corrected chi connectivity index (χ3v) is 1.98. The SMILES string of the molecule is CCn1cc(C(C)CCN)nn1. The molecule has 12 heavy (non-hydrogen) atoms. The van der Waals surface area contributed by atoms with E-state index in [-0.39, 0.29) is 0 Å². The Kier molecular flexibility index (Phi) is 3.22. The molecule has 0 fully saturated rings. The highest BCUT2D eigenvalue weighted by Crippen LogP contribution is 2.14.